The van der Waals surface area contributed by atoms with Gasteiger partial charge < -0.3 is 29.2 Å². The quantitative estimate of drug-likeness (QED) is 0.735. The molecule has 1 amide bonds. The monoisotopic (exact) mass is 417 g/mol. The van der Waals surface area contributed by atoms with Crippen LogP contribution in [0.15, 0.2) is 29.2 Å². The SMILES string of the molecule is COC(=O)N1CCN(Cc2c(Cc3cc(OC)cc(OC)c3)c[nH]c(=O)c2O)CC1. The minimum absolute atomic E-state index is 0.280. The number of piperazine rings is 1. The van der Waals surface area contributed by atoms with Gasteiger partial charge in [-0.3, -0.25) is 9.69 Å². The Morgan fingerprint density at radius 3 is 2.27 bits per heavy atom. The lowest BCUT2D eigenvalue weighted by molar-refractivity contribution is 0.0885. The van der Waals surface area contributed by atoms with E-state index in [4.69, 9.17) is 14.2 Å². The Hall–Kier alpha value is -3.20. The molecule has 2 N–H and O–H groups in total. The molecular weight excluding hydrogens is 390 g/mol. The van der Waals surface area contributed by atoms with Crippen LogP contribution in [0, 0.1) is 0 Å². The number of carbonyl (C=O) groups is 1. The molecule has 9 nitrogen and oxygen atoms in total. The van der Waals surface area contributed by atoms with E-state index in [1.54, 1.807) is 31.4 Å². The minimum atomic E-state index is -0.523. The molecule has 30 heavy (non-hydrogen) atoms. The summed E-state index contributed by atoms with van der Waals surface area (Å²) < 4.78 is 15.4. The van der Waals surface area contributed by atoms with Crippen molar-refractivity contribution in [1.82, 2.24) is 14.8 Å². The number of hydrogen-bond acceptors (Lipinski definition) is 7. The number of methoxy groups -OCH3 is 3. The predicted molar refractivity (Wildman–Crippen MR) is 110 cm³/mol. The van der Waals surface area contributed by atoms with E-state index in [1.807, 2.05) is 12.1 Å². The van der Waals surface area contributed by atoms with Crippen molar-refractivity contribution in [1.29, 1.82) is 0 Å². The number of amides is 1. The van der Waals surface area contributed by atoms with Gasteiger partial charge in [0.05, 0.1) is 21.3 Å². The predicted octanol–water partition coefficient (Wildman–Crippen LogP) is 1.57. The highest BCUT2D eigenvalue weighted by Gasteiger charge is 2.23. The van der Waals surface area contributed by atoms with Crippen LogP contribution in [0.1, 0.15) is 16.7 Å². The van der Waals surface area contributed by atoms with Crippen LogP contribution < -0.4 is 15.0 Å². The summed E-state index contributed by atoms with van der Waals surface area (Å²) in [5, 5.41) is 10.5. The highest BCUT2D eigenvalue weighted by Crippen LogP contribution is 2.27. The summed E-state index contributed by atoms with van der Waals surface area (Å²) in [6, 6.07) is 5.57. The Morgan fingerprint density at radius 2 is 1.70 bits per heavy atom. The van der Waals surface area contributed by atoms with Crippen molar-refractivity contribution in [2.45, 2.75) is 13.0 Å². The van der Waals surface area contributed by atoms with Gasteiger partial charge in [0, 0.05) is 50.6 Å². The van der Waals surface area contributed by atoms with Gasteiger partial charge in [-0.15, -0.1) is 0 Å². The molecule has 0 radical (unpaired) electrons. The molecule has 0 aliphatic carbocycles. The first-order valence-electron chi connectivity index (χ1n) is 9.64. The average Bonchev–Trinajstić information content (AvgIpc) is 2.78. The molecule has 2 aromatic rings. The molecule has 1 aromatic carbocycles. The number of aromatic amines is 1. The van der Waals surface area contributed by atoms with E-state index in [1.165, 1.54) is 7.11 Å². The Labute approximate surface area is 174 Å². The summed E-state index contributed by atoms with van der Waals surface area (Å²) in [6.07, 6.45) is 1.77. The molecule has 1 aliphatic heterocycles. The number of hydrogen-bond donors (Lipinski definition) is 2. The highest BCUT2D eigenvalue weighted by atomic mass is 16.5. The standard InChI is InChI=1S/C21H27N3O6/c1-28-16-9-14(10-17(11-16)29-2)8-15-12-22-20(26)19(25)18(15)13-23-4-6-24(7-5-23)21(27)30-3/h9-12,25H,4-8,13H2,1-3H3,(H,22,26). The molecule has 162 valence electrons. The maximum Gasteiger partial charge on any atom is 0.409 e. The van der Waals surface area contributed by atoms with Gasteiger partial charge in [-0.05, 0) is 29.7 Å². The first kappa shape index (κ1) is 21.5. The fourth-order valence-corrected chi connectivity index (χ4v) is 3.56. The van der Waals surface area contributed by atoms with Crippen molar-refractivity contribution >= 4 is 6.09 Å². The van der Waals surface area contributed by atoms with Gasteiger partial charge in [0.15, 0.2) is 5.75 Å². The topological polar surface area (TPSA) is 104 Å². The first-order chi connectivity index (χ1) is 14.4. The molecule has 0 spiro atoms. The molecule has 1 aliphatic rings. The van der Waals surface area contributed by atoms with E-state index in [-0.39, 0.29) is 11.8 Å². The maximum atomic E-state index is 12.0. The zero-order valence-corrected chi connectivity index (χ0v) is 17.4. The van der Waals surface area contributed by atoms with Gasteiger partial charge in [0.1, 0.15) is 11.5 Å². The van der Waals surface area contributed by atoms with Crippen LogP contribution in [0.3, 0.4) is 0 Å². The van der Waals surface area contributed by atoms with Crippen molar-refractivity contribution in [3.8, 4) is 17.2 Å². The molecule has 2 heterocycles. The van der Waals surface area contributed by atoms with E-state index in [2.05, 4.69) is 9.88 Å². The van der Waals surface area contributed by atoms with Gasteiger partial charge in [0.25, 0.3) is 5.56 Å². The largest absolute Gasteiger partial charge is 0.503 e. The summed E-state index contributed by atoms with van der Waals surface area (Å²) in [6.45, 7) is 2.70. The molecule has 1 saturated heterocycles. The molecule has 0 bridgehead atoms. The van der Waals surface area contributed by atoms with Crippen LogP contribution in [0.4, 0.5) is 4.79 Å². The van der Waals surface area contributed by atoms with E-state index >= 15 is 0 Å². The molecule has 1 aromatic heterocycles. The second-order valence-corrected chi connectivity index (χ2v) is 7.10. The van der Waals surface area contributed by atoms with Gasteiger partial charge in [-0.1, -0.05) is 0 Å². The number of nitrogens with zero attached hydrogens (tertiary/aromatic N) is 2. The Morgan fingerprint density at radius 1 is 1.07 bits per heavy atom. The number of ether oxygens (including phenoxy) is 3. The lowest BCUT2D eigenvalue weighted by Crippen LogP contribution is -2.48. The van der Waals surface area contributed by atoms with Crippen molar-refractivity contribution < 1.29 is 24.1 Å². The summed E-state index contributed by atoms with van der Waals surface area (Å²) >= 11 is 0. The normalized spacial score (nSPS) is 14.4. The third-order valence-electron chi connectivity index (χ3n) is 5.26. The molecule has 9 heteroatoms. The van der Waals surface area contributed by atoms with Crippen molar-refractivity contribution in [3.63, 3.8) is 0 Å². The lowest BCUT2D eigenvalue weighted by Gasteiger charge is -2.34. The van der Waals surface area contributed by atoms with Gasteiger partial charge >= 0.3 is 6.09 Å². The molecule has 0 saturated carbocycles. The smallest absolute Gasteiger partial charge is 0.409 e. The molecular formula is C21H27N3O6. The molecule has 3 rings (SSSR count). The fourth-order valence-electron chi connectivity index (χ4n) is 3.56. The van der Waals surface area contributed by atoms with E-state index in [0.29, 0.717) is 56.2 Å². The third kappa shape index (κ3) is 4.85. The molecule has 1 fully saturated rings. The molecule has 0 atom stereocenters. The summed E-state index contributed by atoms with van der Waals surface area (Å²) in [5.41, 5.74) is 1.78. The van der Waals surface area contributed by atoms with E-state index < -0.39 is 5.56 Å². The second-order valence-electron chi connectivity index (χ2n) is 7.10. The van der Waals surface area contributed by atoms with E-state index in [9.17, 15) is 14.7 Å². The molecule has 0 unspecified atom stereocenters. The van der Waals surface area contributed by atoms with Crippen molar-refractivity contribution in [2.24, 2.45) is 0 Å². The zero-order valence-electron chi connectivity index (χ0n) is 17.4. The summed E-state index contributed by atoms with van der Waals surface area (Å²) in [4.78, 5) is 30.0. The minimum Gasteiger partial charge on any atom is -0.503 e. The average molecular weight is 417 g/mol. The Bertz CT molecular complexity index is 928. The number of aromatic hydroxyl groups is 1. The van der Waals surface area contributed by atoms with Gasteiger partial charge in [-0.25, -0.2) is 4.79 Å². The van der Waals surface area contributed by atoms with Crippen LogP contribution in [0.25, 0.3) is 0 Å². The first-order valence-corrected chi connectivity index (χ1v) is 9.64. The second kappa shape index (κ2) is 9.53. The van der Waals surface area contributed by atoms with E-state index in [0.717, 1.165) is 11.1 Å². The van der Waals surface area contributed by atoms with Crippen LogP contribution >= 0.6 is 0 Å². The number of carbonyl (C=O) groups excluding carboxylic acids is 1. The van der Waals surface area contributed by atoms with Crippen LogP contribution in [0.5, 0.6) is 17.2 Å². The summed E-state index contributed by atoms with van der Waals surface area (Å²) in [5.74, 6) is 1.05. The number of rotatable bonds is 6. The maximum absolute atomic E-state index is 12.0. The van der Waals surface area contributed by atoms with Crippen LogP contribution in [-0.2, 0) is 17.7 Å². The highest BCUT2D eigenvalue weighted by molar-refractivity contribution is 5.67. The number of H-pyrrole nitrogens is 1. The summed E-state index contributed by atoms with van der Waals surface area (Å²) in [7, 11) is 4.54. The van der Waals surface area contributed by atoms with Crippen LogP contribution in [0.2, 0.25) is 0 Å². The zero-order chi connectivity index (χ0) is 21.7. The van der Waals surface area contributed by atoms with Crippen molar-refractivity contribution in [3.05, 3.63) is 51.4 Å². The number of pyridine rings is 1. The number of aromatic nitrogens is 1. The van der Waals surface area contributed by atoms with Crippen LogP contribution in [-0.4, -0.2) is 73.5 Å². The Kier molecular flexibility index (Phi) is 6.83. The Balaban J connectivity index is 1.82. The van der Waals surface area contributed by atoms with Gasteiger partial charge in [-0.2, -0.15) is 0 Å². The number of benzene rings is 1. The van der Waals surface area contributed by atoms with Gasteiger partial charge in [0.2, 0.25) is 0 Å². The third-order valence-corrected chi connectivity index (χ3v) is 5.26. The number of nitrogens with one attached hydrogen (secondary N) is 1. The fraction of sp³-hybridized carbons (Fsp3) is 0.429. The lowest BCUT2D eigenvalue weighted by atomic mass is 10.00. The van der Waals surface area contributed by atoms with Crippen molar-refractivity contribution in [2.75, 3.05) is 47.5 Å².